The van der Waals surface area contributed by atoms with E-state index in [-0.39, 0.29) is 11.9 Å². The summed E-state index contributed by atoms with van der Waals surface area (Å²) in [6, 6.07) is 15.3. The van der Waals surface area contributed by atoms with E-state index in [1.165, 1.54) is 4.90 Å². The van der Waals surface area contributed by atoms with Crippen molar-refractivity contribution in [1.82, 2.24) is 10.2 Å². The molecule has 5 heteroatoms. The molecule has 0 saturated carbocycles. The molecule has 0 aliphatic carbocycles. The number of rotatable bonds is 6. The highest BCUT2D eigenvalue weighted by atomic mass is 16.5. The summed E-state index contributed by atoms with van der Waals surface area (Å²) in [6.45, 7) is 4.09. The van der Waals surface area contributed by atoms with Crippen molar-refractivity contribution in [3.8, 4) is 5.75 Å². The van der Waals surface area contributed by atoms with Gasteiger partial charge in [0, 0.05) is 0 Å². The van der Waals surface area contributed by atoms with Crippen molar-refractivity contribution in [3.63, 3.8) is 0 Å². The molecule has 1 fully saturated rings. The van der Waals surface area contributed by atoms with Crippen LogP contribution in [-0.2, 0) is 17.8 Å². The highest BCUT2D eigenvalue weighted by Gasteiger charge is 2.47. The topological polar surface area (TPSA) is 58.6 Å². The Labute approximate surface area is 154 Å². The molecule has 0 radical (unpaired) electrons. The van der Waals surface area contributed by atoms with Crippen molar-refractivity contribution in [2.24, 2.45) is 0 Å². The van der Waals surface area contributed by atoms with Gasteiger partial charge in [0.15, 0.2) is 0 Å². The number of amides is 3. The van der Waals surface area contributed by atoms with E-state index in [1.807, 2.05) is 55.5 Å². The number of carbonyl (C=O) groups is 2. The van der Waals surface area contributed by atoms with Crippen LogP contribution in [0, 0.1) is 6.92 Å². The number of nitrogens with one attached hydrogen (secondary N) is 1. The van der Waals surface area contributed by atoms with Crippen molar-refractivity contribution in [1.29, 1.82) is 0 Å². The van der Waals surface area contributed by atoms with Crippen LogP contribution < -0.4 is 10.1 Å². The molecule has 3 rings (SSSR count). The van der Waals surface area contributed by atoms with Gasteiger partial charge in [-0.3, -0.25) is 9.69 Å². The molecule has 1 heterocycles. The lowest BCUT2D eigenvalue weighted by molar-refractivity contribution is -0.131. The van der Waals surface area contributed by atoms with Crippen molar-refractivity contribution in [2.45, 2.75) is 38.8 Å². The summed E-state index contributed by atoms with van der Waals surface area (Å²) in [4.78, 5) is 26.5. The number of ether oxygens (including phenoxy) is 1. The smallest absolute Gasteiger partial charge is 0.325 e. The van der Waals surface area contributed by atoms with Gasteiger partial charge in [-0.2, -0.15) is 0 Å². The van der Waals surface area contributed by atoms with E-state index >= 15 is 0 Å². The second-order valence-electron chi connectivity index (χ2n) is 6.99. The zero-order valence-electron chi connectivity index (χ0n) is 15.4. The van der Waals surface area contributed by atoms with Gasteiger partial charge >= 0.3 is 6.03 Å². The summed E-state index contributed by atoms with van der Waals surface area (Å²) in [7, 11) is 1.63. The Hall–Kier alpha value is -2.82. The molecular weight excluding hydrogens is 328 g/mol. The molecular formula is C21H24N2O3. The Morgan fingerprint density at radius 1 is 1.08 bits per heavy atom. The standard InChI is InChI=1S/C21H24N2O3/c1-15-5-4-6-17(13-15)14-23-19(24)21(2,22-20(23)25)12-11-16-7-9-18(26-3)10-8-16/h4-10,13H,11-12,14H2,1-3H3,(H,22,25)/t21-/m1/s1. The SMILES string of the molecule is COc1ccc(CC[C@@]2(C)NC(=O)N(Cc3cccc(C)c3)C2=O)cc1. The molecule has 3 amide bonds. The summed E-state index contributed by atoms with van der Waals surface area (Å²) >= 11 is 0. The number of hydrogen-bond acceptors (Lipinski definition) is 3. The summed E-state index contributed by atoms with van der Waals surface area (Å²) in [5, 5.41) is 2.87. The van der Waals surface area contributed by atoms with Gasteiger partial charge in [-0.15, -0.1) is 0 Å². The fourth-order valence-electron chi connectivity index (χ4n) is 3.24. The van der Waals surface area contributed by atoms with Crippen LogP contribution in [0.2, 0.25) is 0 Å². The normalized spacial score (nSPS) is 19.6. The Bertz CT molecular complexity index is 816. The van der Waals surface area contributed by atoms with Crippen LogP contribution >= 0.6 is 0 Å². The molecule has 1 saturated heterocycles. The maximum absolute atomic E-state index is 12.9. The fraction of sp³-hybridized carbons (Fsp3) is 0.333. The number of carbonyl (C=O) groups excluding carboxylic acids is 2. The zero-order chi connectivity index (χ0) is 18.7. The van der Waals surface area contributed by atoms with Gasteiger partial charge < -0.3 is 10.1 Å². The van der Waals surface area contributed by atoms with Crippen LogP contribution in [0.3, 0.4) is 0 Å². The van der Waals surface area contributed by atoms with Crippen molar-refractivity contribution in [2.75, 3.05) is 7.11 Å². The molecule has 0 bridgehead atoms. The molecule has 1 aliphatic rings. The van der Waals surface area contributed by atoms with Crippen molar-refractivity contribution >= 4 is 11.9 Å². The van der Waals surface area contributed by atoms with Gasteiger partial charge in [0.1, 0.15) is 11.3 Å². The lowest BCUT2D eigenvalue weighted by atomic mass is 9.93. The molecule has 26 heavy (non-hydrogen) atoms. The van der Waals surface area contributed by atoms with Crippen LogP contribution in [0.25, 0.3) is 0 Å². The molecule has 1 aliphatic heterocycles. The van der Waals surface area contributed by atoms with Crippen LogP contribution in [0.4, 0.5) is 4.79 Å². The second kappa shape index (κ2) is 7.20. The van der Waals surface area contributed by atoms with Crippen molar-refractivity contribution in [3.05, 3.63) is 65.2 Å². The number of benzene rings is 2. The predicted molar refractivity (Wildman–Crippen MR) is 100.0 cm³/mol. The van der Waals surface area contributed by atoms with E-state index in [0.29, 0.717) is 19.4 Å². The average Bonchev–Trinajstić information content (AvgIpc) is 2.84. The molecule has 5 nitrogen and oxygen atoms in total. The lowest BCUT2D eigenvalue weighted by Crippen LogP contribution is -2.44. The van der Waals surface area contributed by atoms with Gasteiger partial charge in [0.25, 0.3) is 5.91 Å². The average molecular weight is 352 g/mol. The highest BCUT2D eigenvalue weighted by molar-refractivity contribution is 6.06. The number of nitrogens with zero attached hydrogens (tertiary/aromatic N) is 1. The number of methoxy groups -OCH3 is 1. The third kappa shape index (κ3) is 3.72. The highest BCUT2D eigenvalue weighted by Crippen LogP contribution is 2.25. The first-order chi connectivity index (χ1) is 12.4. The molecule has 2 aromatic carbocycles. The summed E-state index contributed by atoms with van der Waals surface area (Å²) in [5.74, 6) is 0.632. The number of urea groups is 1. The van der Waals surface area contributed by atoms with E-state index < -0.39 is 5.54 Å². The molecule has 0 spiro atoms. The Kier molecular flexibility index (Phi) is 4.98. The van der Waals surface area contributed by atoms with E-state index in [1.54, 1.807) is 14.0 Å². The molecule has 0 unspecified atom stereocenters. The minimum absolute atomic E-state index is 0.169. The van der Waals surface area contributed by atoms with Gasteiger partial charge in [-0.25, -0.2) is 4.79 Å². The Morgan fingerprint density at radius 2 is 1.81 bits per heavy atom. The van der Waals surface area contributed by atoms with E-state index in [2.05, 4.69) is 5.32 Å². The molecule has 2 aromatic rings. The Balaban J connectivity index is 1.67. The number of aryl methyl sites for hydroxylation is 2. The molecule has 1 N–H and O–H groups in total. The Morgan fingerprint density at radius 3 is 2.46 bits per heavy atom. The van der Waals surface area contributed by atoms with Crippen LogP contribution in [0.15, 0.2) is 48.5 Å². The van der Waals surface area contributed by atoms with Crippen LogP contribution in [0.1, 0.15) is 30.0 Å². The van der Waals surface area contributed by atoms with E-state index in [9.17, 15) is 9.59 Å². The molecule has 136 valence electrons. The molecule has 1 atom stereocenters. The maximum atomic E-state index is 12.9. The van der Waals surface area contributed by atoms with Crippen LogP contribution in [-0.4, -0.2) is 29.5 Å². The van der Waals surface area contributed by atoms with Gasteiger partial charge in [0.05, 0.1) is 13.7 Å². The monoisotopic (exact) mass is 352 g/mol. The predicted octanol–water partition coefficient (Wildman–Crippen LogP) is 3.45. The van der Waals surface area contributed by atoms with Gasteiger partial charge in [0.2, 0.25) is 0 Å². The quantitative estimate of drug-likeness (QED) is 0.810. The van der Waals surface area contributed by atoms with E-state index in [0.717, 1.165) is 22.4 Å². The third-order valence-corrected chi connectivity index (χ3v) is 4.84. The third-order valence-electron chi connectivity index (χ3n) is 4.84. The van der Waals surface area contributed by atoms with E-state index in [4.69, 9.17) is 4.74 Å². The second-order valence-corrected chi connectivity index (χ2v) is 6.99. The summed E-state index contributed by atoms with van der Waals surface area (Å²) in [6.07, 6.45) is 1.25. The first-order valence-electron chi connectivity index (χ1n) is 8.74. The zero-order valence-corrected chi connectivity index (χ0v) is 15.4. The lowest BCUT2D eigenvalue weighted by Gasteiger charge is -2.22. The first-order valence-corrected chi connectivity index (χ1v) is 8.74. The first kappa shape index (κ1) is 18.0. The minimum atomic E-state index is -0.874. The number of hydrogen-bond donors (Lipinski definition) is 1. The van der Waals surface area contributed by atoms with Crippen molar-refractivity contribution < 1.29 is 14.3 Å². The largest absolute Gasteiger partial charge is 0.497 e. The minimum Gasteiger partial charge on any atom is -0.497 e. The summed E-state index contributed by atoms with van der Waals surface area (Å²) < 4.78 is 5.16. The fourth-order valence-corrected chi connectivity index (χ4v) is 3.24. The number of imide groups is 1. The maximum Gasteiger partial charge on any atom is 0.325 e. The summed E-state index contributed by atoms with van der Waals surface area (Å²) in [5.41, 5.74) is 2.29. The van der Waals surface area contributed by atoms with Gasteiger partial charge in [-0.1, -0.05) is 42.0 Å². The van der Waals surface area contributed by atoms with Crippen LogP contribution in [0.5, 0.6) is 5.75 Å². The molecule has 0 aromatic heterocycles. The van der Waals surface area contributed by atoms with Gasteiger partial charge in [-0.05, 0) is 49.9 Å².